The molecule has 1 N–H and O–H groups in total. The Kier molecular flexibility index (Phi) is 5.42. The normalized spacial score (nSPS) is 12.0. The lowest BCUT2D eigenvalue weighted by Crippen LogP contribution is -2.22. The standard InChI is InChI=1S/C20H22N4OS/c1-13-5-9-16(10-6-13)18-22-23-20(24(18)4)26-15(3)19(25)21-17-11-7-14(2)8-12-17/h5-12,15H,1-4H3,(H,21,25)/t15-/m0/s1. The molecule has 0 bridgehead atoms. The van der Waals surface area contributed by atoms with Crippen LogP contribution in [-0.2, 0) is 11.8 Å². The van der Waals surface area contributed by atoms with Crippen molar-refractivity contribution in [2.24, 2.45) is 7.05 Å². The summed E-state index contributed by atoms with van der Waals surface area (Å²) in [6.07, 6.45) is 0. The van der Waals surface area contributed by atoms with Crippen molar-refractivity contribution in [3.05, 3.63) is 59.7 Å². The van der Waals surface area contributed by atoms with Crippen molar-refractivity contribution in [1.29, 1.82) is 0 Å². The summed E-state index contributed by atoms with van der Waals surface area (Å²) >= 11 is 1.40. The van der Waals surface area contributed by atoms with Gasteiger partial charge in [-0.05, 0) is 32.9 Å². The third kappa shape index (κ3) is 4.14. The second-order valence-corrected chi connectivity index (χ2v) is 7.65. The molecule has 3 rings (SSSR count). The van der Waals surface area contributed by atoms with Gasteiger partial charge in [-0.2, -0.15) is 0 Å². The summed E-state index contributed by atoms with van der Waals surface area (Å²) < 4.78 is 1.92. The van der Waals surface area contributed by atoms with Gasteiger partial charge in [0.1, 0.15) is 0 Å². The Labute approximate surface area is 157 Å². The molecule has 0 spiro atoms. The average Bonchev–Trinajstić information content (AvgIpc) is 2.98. The first-order chi connectivity index (χ1) is 12.4. The molecular formula is C20H22N4OS. The fraction of sp³-hybridized carbons (Fsp3) is 0.250. The predicted octanol–water partition coefficient (Wildman–Crippen LogP) is 4.22. The molecule has 0 aliphatic carbocycles. The summed E-state index contributed by atoms with van der Waals surface area (Å²) in [5, 5.41) is 11.9. The number of rotatable bonds is 5. The van der Waals surface area contributed by atoms with Gasteiger partial charge in [0, 0.05) is 18.3 Å². The number of thioether (sulfide) groups is 1. The fourth-order valence-electron chi connectivity index (χ4n) is 2.46. The summed E-state index contributed by atoms with van der Waals surface area (Å²) in [4.78, 5) is 12.4. The minimum Gasteiger partial charge on any atom is -0.325 e. The van der Waals surface area contributed by atoms with Crippen LogP contribution in [0.5, 0.6) is 0 Å². The molecule has 6 heteroatoms. The van der Waals surface area contributed by atoms with Gasteiger partial charge in [-0.3, -0.25) is 4.79 Å². The number of hydrogen-bond acceptors (Lipinski definition) is 4. The first kappa shape index (κ1) is 18.2. The summed E-state index contributed by atoms with van der Waals surface area (Å²) in [7, 11) is 1.92. The van der Waals surface area contributed by atoms with E-state index in [1.807, 2.05) is 61.9 Å². The minimum atomic E-state index is -0.287. The van der Waals surface area contributed by atoms with Gasteiger partial charge in [-0.25, -0.2) is 0 Å². The van der Waals surface area contributed by atoms with E-state index >= 15 is 0 Å². The van der Waals surface area contributed by atoms with Crippen molar-refractivity contribution in [3.8, 4) is 11.4 Å². The highest BCUT2D eigenvalue weighted by Crippen LogP contribution is 2.26. The Morgan fingerprint density at radius 1 is 1.00 bits per heavy atom. The zero-order valence-electron chi connectivity index (χ0n) is 15.4. The number of anilines is 1. The SMILES string of the molecule is Cc1ccc(NC(=O)[C@H](C)Sc2nnc(-c3ccc(C)cc3)n2C)cc1. The van der Waals surface area contributed by atoms with Gasteiger partial charge in [0.05, 0.1) is 5.25 Å². The fourth-order valence-corrected chi connectivity index (χ4v) is 3.28. The molecular weight excluding hydrogens is 344 g/mol. The Morgan fingerprint density at radius 3 is 2.19 bits per heavy atom. The van der Waals surface area contributed by atoms with E-state index in [2.05, 4.69) is 34.6 Å². The molecule has 2 aromatic carbocycles. The molecule has 134 valence electrons. The molecule has 5 nitrogen and oxygen atoms in total. The molecule has 0 fully saturated rings. The molecule has 0 aliphatic rings. The van der Waals surface area contributed by atoms with Crippen molar-refractivity contribution in [2.75, 3.05) is 5.32 Å². The molecule has 1 atom stereocenters. The third-order valence-corrected chi connectivity index (χ3v) is 5.25. The monoisotopic (exact) mass is 366 g/mol. The van der Waals surface area contributed by atoms with Gasteiger partial charge in [-0.1, -0.05) is 59.3 Å². The van der Waals surface area contributed by atoms with Crippen molar-refractivity contribution in [3.63, 3.8) is 0 Å². The van der Waals surface area contributed by atoms with E-state index in [0.717, 1.165) is 22.6 Å². The van der Waals surface area contributed by atoms with Gasteiger partial charge in [0.25, 0.3) is 0 Å². The molecule has 0 radical (unpaired) electrons. The van der Waals surface area contributed by atoms with Gasteiger partial charge in [0.15, 0.2) is 11.0 Å². The van der Waals surface area contributed by atoms with Crippen molar-refractivity contribution in [1.82, 2.24) is 14.8 Å². The molecule has 0 saturated carbocycles. The van der Waals surface area contributed by atoms with Gasteiger partial charge in [-0.15, -0.1) is 10.2 Å². The van der Waals surface area contributed by atoms with Gasteiger partial charge < -0.3 is 9.88 Å². The van der Waals surface area contributed by atoms with Gasteiger partial charge in [0.2, 0.25) is 5.91 Å². The molecule has 1 aromatic heterocycles. The van der Waals surface area contributed by atoms with Crippen molar-refractivity contribution in [2.45, 2.75) is 31.2 Å². The number of aryl methyl sites for hydroxylation is 2. The van der Waals surface area contributed by atoms with Crippen LogP contribution < -0.4 is 5.32 Å². The Bertz CT molecular complexity index is 901. The van der Waals surface area contributed by atoms with Crippen LogP contribution >= 0.6 is 11.8 Å². The van der Waals surface area contributed by atoms with E-state index in [4.69, 9.17) is 0 Å². The predicted molar refractivity (Wildman–Crippen MR) is 106 cm³/mol. The molecule has 0 aliphatic heterocycles. The molecule has 26 heavy (non-hydrogen) atoms. The third-order valence-electron chi connectivity index (χ3n) is 4.12. The second kappa shape index (κ2) is 7.74. The number of benzene rings is 2. The maximum Gasteiger partial charge on any atom is 0.237 e. The minimum absolute atomic E-state index is 0.0567. The first-order valence-corrected chi connectivity index (χ1v) is 9.32. The quantitative estimate of drug-likeness (QED) is 0.687. The Morgan fingerprint density at radius 2 is 1.58 bits per heavy atom. The van der Waals surface area contributed by atoms with Crippen LogP contribution in [0.3, 0.4) is 0 Å². The number of nitrogens with zero attached hydrogens (tertiary/aromatic N) is 3. The van der Waals surface area contributed by atoms with E-state index in [0.29, 0.717) is 5.16 Å². The van der Waals surface area contributed by atoms with E-state index < -0.39 is 0 Å². The second-order valence-electron chi connectivity index (χ2n) is 6.35. The smallest absolute Gasteiger partial charge is 0.237 e. The average molecular weight is 366 g/mol. The van der Waals surface area contributed by atoms with Crippen LogP contribution in [0.4, 0.5) is 5.69 Å². The zero-order chi connectivity index (χ0) is 18.7. The molecule has 3 aromatic rings. The summed E-state index contributed by atoms with van der Waals surface area (Å²) in [5.74, 6) is 0.734. The highest BCUT2D eigenvalue weighted by atomic mass is 32.2. The Balaban J connectivity index is 1.69. The number of carbonyl (C=O) groups excluding carboxylic acids is 1. The lowest BCUT2D eigenvalue weighted by atomic mass is 10.1. The van der Waals surface area contributed by atoms with Crippen LogP contribution in [0.2, 0.25) is 0 Å². The van der Waals surface area contributed by atoms with Gasteiger partial charge >= 0.3 is 0 Å². The maximum absolute atomic E-state index is 12.4. The van der Waals surface area contributed by atoms with E-state index in [1.54, 1.807) is 0 Å². The number of amides is 1. The molecule has 0 unspecified atom stereocenters. The molecule has 1 heterocycles. The largest absolute Gasteiger partial charge is 0.325 e. The first-order valence-electron chi connectivity index (χ1n) is 8.44. The van der Waals surface area contributed by atoms with Crippen molar-refractivity contribution >= 4 is 23.4 Å². The van der Waals surface area contributed by atoms with Crippen LogP contribution in [0, 0.1) is 13.8 Å². The maximum atomic E-state index is 12.4. The van der Waals surface area contributed by atoms with E-state index in [1.165, 1.54) is 17.3 Å². The lowest BCUT2D eigenvalue weighted by Gasteiger charge is -2.12. The topological polar surface area (TPSA) is 59.8 Å². The molecule has 0 saturated heterocycles. The highest BCUT2D eigenvalue weighted by molar-refractivity contribution is 8.00. The van der Waals surface area contributed by atoms with E-state index in [-0.39, 0.29) is 11.2 Å². The van der Waals surface area contributed by atoms with Crippen LogP contribution in [0.15, 0.2) is 53.7 Å². The highest BCUT2D eigenvalue weighted by Gasteiger charge is 2.19. The summed E-state index contributed by atoms with van der Waals surface area (Å²) in [6.45, 7) is 5.94. The van der Waals surface area contributed by atoms with Crippen LogP contribution in [-0.4, -0.2) is 25.9 Å². The zero-order valence-corrected chi connectivity index (χ0v) is 16.2. The number of nitrogens with one attached hydrogen (secondary N) is 1. The summed E-state index contributed by atoms with van der Waals surface area (Å²) in [6, 6.07) is 15.9. The number of hydrogen-bond donors (Lipinski definition) is 1. The summed E-state index contributed by atoms with van der Waals surface area (Å²) in [5.41, 5.74) is 4.17. The molecule has 1 amide bonds. The van der Waals surface area contributed by atoms with Crippen LogP contribution in [0.25, 0.3) is 11.4 Å². The lowest BCUT2D eigenvalue weighted by molar-refractivity contribution is -0.115. The van der Waals surface area contributed by atoms with E-state index in [9.17, 15) is 4.79 Å². The number of carbonyl (C=O) groups is 1. The van der Waals surface area contributed by atoms with Crippen LogP contribution in [0.1, 0.15) is 18.1 Å². The Hall–Kier alpha value is -2.60. The van der Waals surface area contributed by atoms with Crippen molar-refractivity contribution < 1.29 is 4.79 Å². The number of aromatic nitrogens is 3.